The van der Waals surface area contributed by atoms with Crippen LogP contribution in [0.5, 0.6) is 5.75 Å². The van der Waals surface area contributed by atoms with Crippen molar-refractivity contribution in [3.05, 3.63) is 54.0 Å². The normalized spacial score (nSPS) is 11.5. The van der Waals surface area contributed by atoms with Crippen molar-refractivity contribution in [3.8, 4) is 5.75 Å². The lowest BCUT2D eigenvalue weighted by molar-refractivity contribution is -0.113. The zero-order valence-corrected chi connectivity index (χ0v) is 18.0. The zero-order valence-electron chi connectivity index (χ0n) is 17.2. The Morgan fingerprint density at radius 2 is 1.97 bits per heavy atom. The molecule has 0 spiro atoms. The quantitative estimate of drug-likeness (QED) is 0.411. The van der Waals surface area contributed by atoms with Gasteiger partial charge in [0.25, 0.3) is 0 Å². The number of rotatable bonds is 5. The average molecular weight is 433 g/mol. The molecule has 0 aliphatic carbocycles. The van der Waals surface area contributed by atoms with Crippen molar-refractivity contribution in [3.63, 3.8) is 0 Å². The first-order valence-electron chi connectivity index (χ1n) is 9.65. The Morgan fingerprint density at radius 3 is 2.81 bits per heavy atom. The monoisotopic (exact) mass is 433 g/mol. The van der Waals surface area contributed by atoms with E-state index in [2.05, 4.69) is 20.5 Å². The molecule has 9 heteroatoms. The van der Waals surface area contributed by atoms with Crippen LogP contribution in [0.2, 0.25) is 0 Å². The molecule has 1 N–H and O–H groups in total. The molecule has 0 atom stereocenters. The molecular formula is C22H19N5O3S. The molecule has 156 valence electrons. The van der Waals surface area contributed by atoms with E-state index in [4.69, 9.17) is 9.15 Å². The molecule has 8 nitrogen and oxygen atoms in total. The SMILES string of the molecule is COc1cc2c(cc1NC(=O)CSc1nnc3cc(C)nc(C)n13)oc1ccccc12. The summed E-state index contributed by atoms with van der Waals surface area (Å²) < 4.78 is 13.3. The predicted octanol–water partition coefficient (Wildman–Crippen LogP) is 4.38. The number of carbonyl (C=O) groups is 1. The molecule has 3 aromatic heterocycles. The lowest BCUT2D eigenvalue weighted by atomic mass is 10.1. The second-order valence-electron chi connectivity index (χ2n) is 7.10. The number of ether oxygens (including phenoxy) is 1. The number of thioether (sulfide) groups is 1. The first kappa shape index (κ1) is 19.4. The van der Waals surface area contributed by atoms with Gasteiger partial charge in [-0.3, -0.25) is 9.20 Å². The van der Waals surface area contributed by atoms with Gasteiger partial charge in [0.2, 0.25) is 5.91 Å². The number of nitrogens with zero attached hydrogens (tertiary/aromatic N) is 4. The molecule has 1 amide bonds. The van der Waals surface area contributed by atoms with Gasteiger partial charge in [-0.15, -0.1) is 10.2 Å². The van der Waals surface area contributed by atoms with Crippen LogP contribution in [0.4, 0.5) is 5.69 Å². The van der Waals surface area contributed by atoms with Crippen LogP contribution in [0, 0.1) is 13.8 Å². The van der Waals surface area contributed by atoms with Crippen LogP contribution in [-0.4, -0.2) is 38.4 Å². The minimum atomic E-state index is -0.187. The molecular weight excluding hydrogens is 414 g/mol. The first-order chi connectivity index (χ1) is 15.0. The summed E-state index contributed by atoms with van der Waals surface area (Å²) in [5.74, 6) is 1.32. The zero-order chi connectivity index (χ0) is 21.5. The van der Waals surface area contributed by atoms with Crippen molar-refractivity contribution in [1.82, 2.24) is 19.6 Å². The third-order valence-corrected chi connectivity index (χ3v) is 5.89. The van der Waals surface area contributed by atoms with Gasteiger partial charge < -0.3 is 14.5 Å². The topological polar surface area (TPSA) is 94.5 Å². The number of fused-ring (bicyclic) bond motifs is 4. The van der Waals surface area contributed by atoms with Gasteiger partial charge in [-0.25, -0.2) is 4.98 Å². The number of hydrogen-bond acceptors (Lipinski definition) is 7. The van der Waals surface area contributed by atoms with E-state index in [-0.39, 0.29) is 11.7 Å². The van der Waals surface area contributed by atoms with Gasteiger partial charge in [-0.2, -0.15) is 0 Å². The second-order valence-corrected chi connectivity index (χ2v) is 8.05. The van der Waals surface area contributed by atoms with Gasteiger partial charge >= 0.3 is 0 Å². The molecule has 0 fully saturated rings. The lowest BCUT2D eigenvalue weighted by Gasteiger charge is -2.10. The fourth-order valence-electron chi connectivity index (χ4n) is 3.63. The summed E-state index contributed by atoms with van der Waals surface area (Å²) in [6, 6.07) is 13.3. The highest BCUT2D eigenvalue weighted by Gasteiger charge is 2.16. The van der Waals surface area contributed by atoms with Crippen molar-refractivity contribution in [2.75, 3.05) is 18.2 Å². The Labute approximate surface area is 181 Å². The standard InChI is InChI=1S/C22H19N5O3S/c1-12-8-20-25-26-22(27(20)13(2)23-12)31-11-21(28)24-16-10-18-15(9-19(16)29-3)14-6-4-5-7-17(14)30-18/h4-10H,11H2,1-3H3,(H,24,28). The third kappa shape index (κ3) is 3.46. The van der Waals surface area contributed by atoms with E-state index >= 15 is 0 Å². The van der Waals surface area contributed by atoms with Crippen LogP contribution in [0.25, 0.3) is 27.6 Å². The van der Waals surface area contributed by atoms with Crippen LogP contribution in [-0.2, 0) is 4.79 Å². The maximum atomic E-state index is 12.7. The van der Waals surface area contributed by atoms with Gasteiger partial charge in [0, 0.05) is 28.6 Å². The van der Waals surface area contributed by atoms with Crippen molar-refractivity contribution < 1.29 is 13.9 Å². The maximum Gasteiger partial charge on any atom is 0.234 e. The predicted molar refractivity (Wildman–Crippen MR) is 120 cm³/mol. The van der Waals surface area contributed by atoms with Crippen LogP contribution < -0.4 is 10.1 Å². The summed E-state index contributed by atoms with van der Waals surface area (Å²) in [6.45, 7) is 3.80. The van der Waals surface area contributed by atoms with E-state index < -0.39 is 0 Å². The molecule has 0 unspecified atom stereocenters. The van der Waals surface area contributed by atoms with Crippen LogP contribution >= 0.6 is 11.8 Å². The minimum absolute atomic E-state index is 0.162. The van der Waals surface area contributed by atoms with Gasteiger partial charge in [0.15, 0.2) is 10.8 Å². The van der Waals surface area contributed by atoms with Gasteiger partial charge in [-0.1, -0.05) is 30.0 Å². The molecule has 5 rings (SSSR count). The molecule has 0 aliphatic heterocycles. The molecule has 5 aromatic rings. The summed E-state index contributed by atoms with van der Waals surface area (Å²) in [5.41, 5.74) is 3.62. The Balaban J connectivity index is 1.38. The molecule has 0 bridgehead atoms. The number of para-hydroxylation sites is 1. The fourth-order valence-corrected chi connectivity index (χ4v) is 4.42. The fraction of sp³-hybridized carbons (Fsp3) is 0.182. The Bertz CT molecular complexity index is 1460. The number of furan rings is 1. The highest BCUT2D eigenvalue weighted by atomic mass is 32.2. The van der Waals surface area contributed by atoms with Crippen molar-refractivity contribution in [1.29, 1.82) is 0 Å². The molecule has 0 saturated heterocycles. The average Bonchev–Trinajstić information content (AvgIpc) is 3.32. The minimum Gasteiger partial charge on any atom is -0.495 e. The van der Waals surface area contributed by atoms with Crippen molar-refractivity contribution >= 4 is 50.9 Å². The van der Waals surface area contributed by atoms with Gasteiger partial charge in [0.05, 0.1) is 18.6 Å². The van der Waals surface area contributed by atoms with Crippen molar-refractivity contribution in [2.45, 2.75) is 19.0 Å². The van der Waals surface area contributed by atoms with E-state index in [1.807, 2.05) is 54.6 Å². The number of methoxy groups -OCH3 is 1. The van der Waals surface area contributed by atoms with E-state index in [9.17, 15) is 4.79 Å². The smallest absolute Gasteiger partial charge is 0.234 e. The molecule has 31 heavy (non-hydrogen) atoms. The number of nitrogens with one attached hydrogen (secondary N) is 1. The number of anilines is 1. The summed E-state index contributed by atoms with van der Waals surface area (Å²) in [6.07, 6.45) is 0. The number of aromatic nitrogens is 4. The Hall–Kier alpha value is -3.59. The van der Waals surface area contributed by atoms with E-state index in [0.717, 1.165) is 27.9 Å². The maximum absolute atomic E-state index is 12.7. The Morgan fingerprint density at radius 1 is 1.13 bits per heavy atom. The summed E-state index contributed by atoms with van der Waals surface area (Å²) in [7, 11) is 1.58. The number of benzene rings is 2. The Kier molecular flexibility index (Phi) is 4.74. The largest absolute Gasteiger partial charge is 0.495 e. The highest BCUT2D eigenvalue weighted by Crippen LogP contribution is 2.36. The highest BCUT2D eigenvalue weighted by molar-refractivity contribution is 7.99. The van der Waals surface area contributed by atoms with Crippen LogP contribution in [0.15, 0.2) is 52.0 Å². The summed E-state index contributed by atoms with van der Waals surface area (Å²) in [4.78, 5) is 17.1. The molecule has 2 aromatic carbocycles. The second kappa shape index (κ2) is 7.59. The molecule has 0 radical (unpaired) electrons. The summed E-state index contributed by atoms with van der Waals surface area (Å²) >= 11 is 1.30. The number of aryl methyl sites for hydroxylation is 2. The molecule has 0 aliphatic rings. The van der Waals surface area contributed by atoms with Crippen LogP contribution in [0.3, 0.4) is 0 Å². The van der Waals surface area contributed by atoms with Crippen LogP contribution in [0.1, 0.15) is 11.5 Å². The van der Waals surface area contributed by atoms with E-state index in [1.165, 1.54) is 11.8 Å². The van der Waals surface area contributed by atoms with Gasteiger partial charge in [0.1, 0.15) is 22.7 Å². The van der Waals surface area contributed by atoms with E-state index in [0.29, 0.717) is 27.8 Å². The molecule has 3 heterocycles. The summed E-state index contributed by atoms with van der Waals surface area (Å²) in [5, 5.41) is 13.8. The van der Waals surface area contributed by atoms with Gasteiger partial charge in [-0.05, 0) is 26.0 Å². The lowest BCUT2D eigenvalue weighted by Crippen LogP contribution is -2.15. The van der Waals surface area contributed by atoms with Crippen molar-refractivity contribution in [2.24, 2.45) is 0 Å². The first-order valence-corrected chi connectivity index (χ1v) is 10.6. The molecule has 0 saturated carbocycles. The number of hydrogen-bond donors (Lipinski definition) is 1. The number of carbonyl (C=O) groups excluding carboxylic acids is 1. The number of amides is 1. The third-order valence-electron chi connectivity index (χ3n) is 4.96. The van der Waals surface area contributed by atoms with E-state index in [1.54, 1.807) is 13.2 Å².